The molecule has 1 saturated carbocycles. The van der Waals surface area contributed by atoms with Crippen molar-refractivity contribution in [2.45, 2.75) is 25.4 Å². The zero-order chi connectivity index (χ0) is 15.8. The van der Waals surface area contributed by atoms with Crippen molar-refractivity contribution in [3.05, 3.63) is 59.7 Å². The number of carbonyl (C=O) groups excluding carboxylic acids is 1. The molecule has 0 radical (unpaired) electrons. The highest BCUT2D eigenvalue weighted by molar-refractivity contribution is 5.97. The Morgan fingerprint density at radius 2 is 1.96 bits per heavy atom. The van der Waals surface area contributed by atoms with Crippen LogP contribution in [-0.4, -0.2) is 12.5 Å². The Balaban J connectivity index is 1.67. The summed E-state index contributed by atoms with van der Waals surface area (Å²) in [7, 11) is 0. The van der Waals surface area contributed by atoms with Gasteiger partial charge < -0.3 is 15.4 Å². The van der Waals surface area contributed by atoms with Gasteiger partial charge in [-0.25, -0.2) is 0 Å². The summed E-state index contributed by atoms with van der Waals surface area (Å²) in [5.74, 6) is 1.32. The van der Waals surface area contributed by atoms with Crippen molar-refractivity contribution < 1.29 is 9.53 Å². The van der Waals surface area contributed by atoms with Gasteiger partial charge in [0.15, 0.2) is 6.61 Å². The average molecular weight is 308 g/mol. The number of hydrogen-bond acceptors (Lipinski definition) is 3. The largest absolute Gasteiger partial charge is 0.482 e. The SMILES string of the molecule is NC(c1ccc2c(c1)N(Cc1ccccc1)C(=O)CO2)C1CC1. The molecule has 4 nitrogen and oxygen atoms in total. The van der Waals surface area contributed by atoms with E-state index in [0.29, 0.717) is 12.5 Å². The average Bonchev–Trinajstić information content (AvgIpc) is 3.42. The number of rotatable bonds is 4. The maximum absolute atomic E-state index is 12.4. The fourth-order valence-corrected chi connectivity index (χ4v) is 3.09. The van der Waals surface area contributed by atoms with E-state index in [1.165, 1.54) is 12.8 Å². The molecule has 0 bridgehead atoms. The van der Waals surface area contributed by atoms with E-state index in [-0.39, 0.29) is 18.6 Å². The number of carbonyl (C=O) groups is 1. The molecule has 2 aromatic rings. The lowest BCUT2D eigenvalue weighted by Crippen LogP contribution is -2.38. The molecule has 4 heteroatoms. The molecule has 0 aromatic heterocycles. The van der Waals surface area contributed by atoms with Crippen molar-refractivity contribution in [3.8, 4) is 5.75 Å². The van der Waals surface area contributed by atoms with Gasteiger partial charge in [0.05, 0.1) is 12.2 Å². The summed E-state index contributed by atoms with van der Waals surface area (Å²) in [5.41, 5.74) is 9.34. The summed E-state index contributed by atoms with van der Waals surface area (Å²) >= 11 is 0. The molecule has 23 heavy (non-hydrogen) atoms. The topological polar surface area (TPSA) is 55.6 Å². The van der Waals surface area contributed by atoms with Gasteiger partial charge in [0, 0.05) is 6.04 Å². The number of amides is 1. The predicted octanol–water partition coefficient (Wildman–Crippen LogP) is 3.02. The van der Waals surface area contributed by atoms with Gasteiger partial charge in [0.25, 0.3) is 5.91 Å². The van der Waals surface area contributed by atoms with Crippen LogP contribution in [0.25, 0.3) is 0 Å². The van der Waals surface area contributed by atoms with Crippen LogP contribution in [0.15, 0.2) is 48.5 Å². The van der Waals surface area contributed by atoms with E-state index < -0.39 is 0 Å². The molecular weight excluding hydrogens is 288 g/mol. The normalized spacial score (nSPS) is 18.3. The van der Waals surface area contributed by atoms with Crippen LogP contribution in [0.2, 0.25) is 0 Å². The smallest absolute Gasteiger partial charge is 0.265 e. The zero-order valence-electron chi connectivity index (χ0n) is 12.9. The lowest BCUT2D eigenvalue weighted by Gasteiger charge is -2.30. The standard InChI is InChI=1S/C19H20N2O2/c20-19(14-6-7-14)15-8-9-17-16(10-15)21(18(22)12-23-17)11-13-4-2-1-3-5-13/h1-5,8-10,14,19H,6-7,11-12,20H2. The third-order valence-electron chi connectivity index (χ3n) is 4.62. The van der Waals surface area contributed by atoms with Crippen LogP contribution < -0.4 is 15.4 Å². The highest BCUT2D eigenvalue weighted by atomic mass is 16.5. The van der Waals surface area contributed by atoms with E-state index in [9.17, 15) is 4.79 Å². The Hall–Kier alpha value is -2.33. The fraction of sp³-hybridized carbons (Fsp3) is 0.316. The lowest BCUT2D eigenvalue weighted by atomic mass is 10.0. The van der Waals surface area contributed by atoms with Crippen molar-refractivity contribution >= 4 is 11.6 Å². The molecule has 0 spiro atoms. The van der Waals surface area contributed by atoms with Crippen LogP contribution in [-0.2, 0) is 11.3 Å². The van der Waals surface area contributed by atoms with Crippen LogP contribution in [0.3, 0.4) is 0 Å². The van der Waals surface area contributed by atoms with Crippen LogP contribution in [0.1, 0.15) is 30.0 Å². The molecule has 118 valence electrons. The van der Waals surface area contributed by atoms with Crippen molar-refractivity contribution in [2.24, 2.45) is 11.7 Å². The molecule has 2 aromatic carbocycles. The molecule has 1 aliphatic heterocycles. The minimum Gasteiger partial charge on any atom is -0.482 e. The maximum Gasteiger partial charge on any atom is 0.265 e. The first-order valence-corrected chi connectivity index (χ1v) is 8.09. The molecule has 1 atom stereocenters. The molecule has 1 amide bonds. The highest BCUT2D eigenvalue weighted by Gasteiger charge is 2.31. The maximum atomic E-state index is 12.4. The van der Waals surface area contributed by atoms with Crippen LogP contribution in [0, 0.1) is 5.92 Å². The second-order valence-electron chi connectivity index (χ2n) is 6.34. The Bertz CT molecular complexity index is 725. The van der Waals surface area contributed by atoms with Gasteiger partial charge in [-0.2, -0.15) is 0 Å². The Morgan fingerprint density at radius 3 is 2.70 bits per heavy atom. The third kappa shape index (κ3) is 2.82. The Morgan fingerprint density at radius 1 is 1.17 bits per heavy atom. The summed E-state index contributed by atoms with van der Waals surface area (Å²) < 4.78 is 5.58. The molecule has 0 saturated heterocycles. The first-order valence-electron chi connectivity index (χ1n) is 8.09. The first kappa shape index (κ1) is 14.3. The number of benzene rings is 2. The van der Waals surface area contributed by atoms with Gasteiger partial charge >= 0.3 is 0 Å². The van der Waals surface area contributed by atoms with E-state index >= 15 is 0 Å². The molecular formula is C19H20N2O2. The summed E-state index contributed by atoms with van der Waals surface area (Å²) in [5, 5.41) is 0. The molecule has 1 fully saturated rings. The quantitative estimate of drug-likeness (QED) is 0.944. The summed E-state index contributed by atoms with van der Waals surface area (Å²) in [4.78, 5) is 14.2. The van der Waals surface area contributed by atoms with Crippen molar-refractivity contribution in [3.63, 3.8) is 0 Å². The first-order chi connectivity index (χ1) is 11.2. The third-order valence-corrected chi connectivity index (χ3v) is 4.62. The van der Waals surface area contributed by atoms with E-state index in [4.69, 9.17) is 10.5 Å². The molecule has 1 aliphatic carbocycles. The zero-order valence-corrected chi connectivity index (χ0v) is 12.9. The van der Waals surface area contributed by atoms with E-state index in [2.05, 4.69) is 0 Å². The number of ether oxygens (including phenoxy) is 1. The predicted molar refractivity (Wildman–Crippen MR) is 89.2 cm³/mol. The van der Waals surface area contributed by atoms with Gasteiger partial charge in [-0.05, 0) is 42.0 Å². The molecule has 1 heterocycles. The van der Waals surface area contributed by atoms with Crippen LogP contribution in [0.5, 0.6) is 5.75 Å². The monoisotopic (exact) mass is 308 g/mol. The highest BCUT2D eigenvalue weighted by Crippen LogP contribution is 2.42. The van der Waals surface area contributed by atoms with Gasteiger partial charge in [0.2, 0.25) is 0 Å². The van der Waals surface area contributed by atoms with Crippen LogP contribution >= 0.6 is 0 Å². The molecule has 2 aliphatic rings. The second kappa shape index (κ2) is 5.70. The minimum atomic E-state index is -0.0153. The number of nitrogens with two attached hydrogens (primary N) is 1. The van der Waals surface area contributed by atoms with Gasteiger partial charge in [-0.1, -0.05) is 36.4 Å². The number of anilines is 1. The summed E-state index contributed by atoms with van der Waals surface area (Å²) in [6.45, 7) is 0.645. The minimum absolute atomic E-state index is 0.0153. The van der Waals surface area contributed by atoms with Crippen LogP contribution in [0.4, 0.5) is 5.69 Å². The fourth-order valence-electron chi connectivity index (χ4n) is 3.09. The van der Waals surface area contributed by atoms with Gasteiger partial charge in [-0.15, -0.1) is 0 Å². The Kier molecular flexibility index (Phi) is 3.54. The van der Waals surface area contributed by atoms with E-state index in [1.807, 2.05) is 48.5 Å². The van der Waals surface area contributed by atoms with E-state index in [1.54, 1.807) is 4.90 Å². The molecule has 4 rings (SSSR count). The Labute approximate surface area is 135 Å². The number of fused-ring (bicyclic) bond motifs is 1. The number of nitrogens with zero attached hydrogens (tertiary/aromatic N) is 1. The van der Waals surface area contributed by atoms with Gasteiger partial charge in [-0.3, -0.25) is 4.79 Å². The summed E-state index contributed by atoms with van der Waals surface area (Å²) in [6.07, 6.45) is 2.39. The molecule has 2 N–H and O–H groups in total. The van der Waals surface area contributed by atoms with Crippen molar-refractivity contribution in [2.75, 3.05) is 11.5 Å². The van der Waals surface area contributed by atoms with Crippen molar-refractivity contribution in [1.82, 2.24) is 0 Å². The summed E-state index contributed by atoms with van der Waals surface area (Å²) in [6, 6.07) is 16.1. The van der Waals surface area contributed by atoms with Gasteiger partial charge in [0.1, 0.15) is 5.75 Å². The van der Waals surface area contributed by atoms with Crippen molar-refractivity contribution in [1.29, 1.82) is 0 Å². The molecule has 1 unspecified atom stereocenters. The number of hydrogen-bond donors (Lipinski definition) is 1. The second-order valence-corrected chi connectivity index (χ2v) is 6.34. The lowest BCUT2D eigenvalue weighted by molar-refractivity contribution is -0.121. The van der Waals surface area contributed by atoms with E-state index in [0.717, 1.165) is 22.6 Å².